The van der Waals surface area contributed by atoms with Crippen LogP contribution >= 0.6 is 0 Å². The normalized spacial score (nSPS) is 28.4. The molecule has 1 aromatic carbocycles. The minimum Gasteiger partial charge on any atom is -0.406 e. The molecule has 0 radical (unpaired) electrons. The average molecular weight is 299 g/mol. The molecule has 114 valence electrons. The van der Waals surface area contributed by atoms with E-state index in [0.29, 0.717) is 17.6 Å². The lowest BCUT2D eigenvalue weighted by molar-refractivity contribution is -0.274. The molecule has 1 N–H and O–H groups in total. The van der Waals surface area contributed by atoms with E-state index in [0.717, 1.165) is 25.7 Å². The second-order valence-corrected chi connectivity index (χ2v) is 5.75. The van der Waals surface area contributed by atoms with Crippen molar-refractivity contribution in [2.24, 2.45) is 5.92 Å². The molecule has 2 bridgehead atoms. The van der Waals surface area contributed by atoms with Crippen molar-refractivity contribution in [2.45, 2.75) is 44.1 Å². The molecule has 2 aliphatic heterocycles. The van der Waals surface area contributed by atoms with Crippen LogP contribution in [0, 0.1) is 5.92 Å². The molecule has 2 atom stereocenters. The molecule has 21 heavy (non-hydrogen) atoms. The molecule has 3 nitrogen and oxygen atoms in total. The Morgan fingerprint density at radius 3 is 2.48 bits per heavy atom. The molecule has 1 aromatic rings. The molecule has 0 amide bonds. The van der Waals surface area contributed by atoms with E-state index < -0.39 is 6.36 Å². The van der Waals surface area contributed by atoms with Gasteiger partial charge >= 0.3 is 6.36 Å². The quantitative estimate of drug-likeness (QED) is 0.870. The van der Waals surface area contributed by atoms with Crippen molar-refractivity contribution in [2.75, 3.05) is 0 Å². The molecule has 2 aliphatic rings. The summed E-state index contributed by atoms with van der Waals surface area (Å²) >= 11 is 0. The Morgan fingerprint density at radius 2 is 1.86 bits per heavy atom. The zero-order valence-corrected chi connectivity index (χ0v) is 11.3. The molecular weight excluding hydrogens is 283 g/mol. The van der Waals surface area contributed by atoms with E-state index in [4.69, 9.17) is 0 Å². The number of carbonyl (C=O) groups is 1. The lowest BCUT2D eigenvalue weighted by Gasteiger charge is -2.28. The topological polar surface area (TPSA) is 38.3 Å². The summed E-state index contributed by atoms with van der Waals surface area (Å²) in [6.45, 7) is 0. The van der Waals surface area contributed by atoms with Crippen LogP contribution < -0.4 is 10.1 Å². The van der Waals surface area contributed by atoms with Gasteiger partial charge in [0.1, 0.15) is 5.75 Å². The third-order valence-corrected chi connectivity index (χ3v) is 4.20. The lowest BCUT2D eigenvalue weighted by atomic mass is 9.86. The number of alkyl halides is 3. The Morgan fingerprint density at radius 1 is 1.19 bits per heavy atom. The highest BCUT2D eigenvalue weighted by molar-refractivity contribution is 5.98. The van der Waals surface area contributed by atoms with Crippen LogP contribution in [-0.4, -0.2) is 24.2 Å². The first-order valence-electron chi connectivity index (χ1n) is 7.07. The number of hydrogen-bond acceptors (Lipinski definition) is 3. The van der Waals surface area contributed by atoms with Crippen LogP contribution in [0.3, 0.4) is 0 Å². The molecule has 3 rings (SSSR count). The predicted octanol–water partition coefficient (Wildman–Crippen LogP) is 3.30. The van der Waals surface area contributed by atoms with Gasteiger partial charge in [0.05, 0.1) is 0 Å². The number of ether oxygens (including phenoxy) is 1. The van der Waals surface area contributed by atoms with Gasteiger partial charge in [0.25, 0.3) is 0 Å². The number of hydrogen-bond donors (Lipinski definition) is 1. The molecule has 6 heteroatoms. The Balaban J connectivity index is 1.74. The minimum absolute atomic E-state index is 0.0824. The smallest absolute Gasteiger partial charge is 0.406 e. The number of nitrogens with one attached hydrogen (secondary N) is 1. The van der Waals surface area contributed by atoms with E-state index in [9.17, 15) is 18.0 Å². The van der Waals surface area contributed by atoms with Crippen molar-refractivity contribution in [1.82, 2.24) is 5.32 Å². The number of ketones is 1. The Bertz CT molecular complexity index is 532. The molecule has 2 fully saturated rings. The second-order valence-electron chi connectivity index (χ2n) is 5.75. The van der Waals surface area contributed by atoms with E-state index in [1.165, 1.54) is 18.2 Å². The maximum atomic E-state index is 12.5. The lowest BCUT2D eigenvalue weighted by Crippen LogP contribution is -2.40. The fourth-order valence-corrected chi connectivity index (χ4v) is 3.35. The van der Waals surface area contributed by atoms with E-state index in [1.807, 2.05) is 0 Å². The number of piperidine rings is 1. The summed E-state index contributed by atoms with van der Waals surface area (Å²) in [6, 6.07) is 6.09. The van der Waals surface area contributed by atoms with Gasteiger partial charge in [-0.25, -0.2) is 0 Å². The number of carbonyl (C=O) groups excluding carboxylic acids is 1. The van der Waals surface area contributed by atoms with Gasteiger partial charge in [0.15, 0.2) is 5.78 Å². The maximum absolute atomic E-state index is 12.5. The Labute approximate surface area is 120 Å². The number of rotatable bonds is 3. The highest BCUT2D eigenvalue weighted by Gasteiger charge is 2.37. The highest BCUT2D eigenvalue weighted by atomic mass is 19.4. The Kier molecular flexibility index (Phi) is 3.65. The molecule has 0 aromatic heterocycles. The summed E-state index contributed by atoms with van der Waals surface area (Å²) in [6.07, 6.45) is -1.06. The summed E-state index contributed by atoms with van der Waals surface area (Å²) in [4.78, 5) is 12.5. The van der Waals surface area contributed by atoms with E-state index in [2.05, 4.69) is 10.1 Å². The fraction of sp³-hybridized carbons (Fsp3) is 0.533. The number of fused-ring (bicyclic) bond motifs is 2. The van der Waals surface area contributed by atoms with Crippen molar-refractivity contribution in [3.05, 3.63) is 29.8 Å². The third-order valence-electron chi connectivity index (χ3n) is 4.20. The van der Waals surface area contributed by atoms with Gasteiger partial charge in [0, 0.05) is 23.6 Å². The van der Waals surface area contributed by atoms with Gasteiger partial charge in [-0.15, -0.1) is 13.2 Å². The molecule has 2 unspecified atom stereocenters. The van der Waals surface area contributed by atoms with Crippen LogP contribution in [0.15, 0.2) is 24.3 Å². The number of halogens is 3. The standard InChI is InChI=1S/C15H16F3NO2/c16-15(17,18)21-13-3-1-2-9(8-13)14(20)10-6-11-4-5-12(7-10)19-11/h1-3,8,10-12,19H,4-7H2. The zero-order chi connectivity index (χ0) is 15.0. The Hall–Kier alpha value is -1.56. The van der Waals surface area contributed by atoms with Crippen LogP contribution in [0.4, 0.5) is 13.2 Å². The van der Waals surface area contributed by atoms with E-state index in [1.54, 1.807) is 6.07 Å². The van der Waals surface area contributed by atoms with Gasteiger partial charge in [-0.05, 0) is 37.8 Å². The first kappa shape index (κ1) is 14.4. The monoisotopic (exact) mass is 299 g/mol. The van der Waals surface area contributed by atoms with Crippen molar-refractivity contribution in [1.29, 1.82) is 0 Å². The summed E-state index contributed by atoms with van der Waals surface area (Å²) in [5.74, 6) is -0.531. The van der Waals surface area contributed by atoms with Crippen LogP contribution in [0.2, 0.25) is 0 Å². The molecule has 2 heterocycles. The van der Waals surface area contributed by atoms with Gasteiger partial charge in [-0.2, -0.15) is 0 Å². The zero-order valence-electron chi connectivity index (χ0n) is 11.3. The van der Waals surface area contributed by atoms with Gasteiger partial charge in [-0.3, -0.25) is 4.79 Å². The first-order chi connectivity index (χ1) is 9.90. The highest BCUT2D eigenvalue weighted by Crippen LogP contribution is 2.33. The fourth-order valence-electron chi connectivity index (χ4n) is 3.35. The third kappa shape index (κ3) is 3.37. The van der Waals surface area contributed by atoms with Crippen molar-refractivity contribution in [3.63, 3.8) is 0 Å². The summed E-state index contributed by atoms with van der Waals surface area (Å²) < 4.78 is 40.5. The second kappa shape index (κ2) is 5.33. The van der Waals surface area contributed by atoms with Crippen molar-refractivity contribution >= 4 is 5.78 Å². The van der Waals surface area contributed by atoms with Crippen LogP contribution in [0.1, 0.15) is 36.0 Å². The average Bonchev–Trinajstić information content (AvgIpc) is 2.75. The summed E-state index contributed by atoms with van der Waals surface area (Å²) in [7, 11) is 0. The van der Waals surface area contributed by atoms with Crippen LogP contribution in [0.5, 0.6) is 5.75 Å². The van der Waals surface area contributed by atoms with Crippen molar-refractivity contribution in [3.8, 4) is 5.75 Å². The first-order valence-corrected chi connectivity index (χ1v) is 7.07. The molecule has 0 saturated carbocycles. The van der Waals surface area contributed by atoms with E-state index >= 15 is 0 Å². The number of benzene rings is 1. The van der Waals surface area contributed by atoms with Crippen LogP contribution in [0.25, 0.3) is 0 Å². The van der Waals surface area contributed by atoms with Gasteiger partial charge in [0.2, 0.25) is 0 Å². The summed E-state index contributed by atoms with van der Waals surface area (Å²) in [5, 5.41) is 3.44. The minimum atomic E-state index is -4.74. The largest absolute Gasteiger partial charge is 0.573 e. The van der Waals surface area contributed by atoms with Crippen molar-refractivity contribution < 1.29 is 22.7 Å². The molecule has 0 aliphatic carbocycles. The SMILES string of the molecule is O=C(c1cccc(OC(F)(F)F)c1)C1CC2CCC(C1)N2. The van der Waals surface area contributed by atoms with Gasteiger partial charge in [-0.1, -0.05) is 12.1 Å². The van der Waals surface area contributed by atoms with Crippen LogP contribution in [-0.2, 0) is 0 Å². The molecular formula is C15H16F3NO2. The molecule has 2 saturated heterocycles. The van der Waals surface area contributed by atoms with E-state index in [-0.39, 0.29) is 17.5 Å². The molecule has 0 spiro atoms. The predicted molar refractivity (Wildman–Crippen MR) is 70.1 cm³/mol. The maximum Gasteiger partial charge on any atom is 0.573 e. The number of Topliss-reactive ketones (excluding diaryl/α,β-unsaturated/α-hetero) is 1. The van der Waals surface area contributed by atoms with Gasteiger partial charge < -0.3 is 10.1 Å². The summed E-state index contributed by atoms with van der Waals surface area (Å²) in [5.41, 5.74) is 0.294.